The average molecular weight is 328 g/mol. The van der Waals surface area contributed by atoms with Crippen LogP contribution in [0.3, 0.4) is 0 Å². The summed E-state index contributed by atoms with van der Waals surface area (Å²) in [5.74, 6) is 3.21. The van der Waals surface area contributed by atoms with E-state index in [0.717, 1.165) is 55.9 Å². The Labute approximate surface area is 142 Å². The highest BCUT2D eigenvalue weighted by Crippen LogP contribution is 2.19. The summed E-state index contributed by atoms with van der Waals surface area (Å²) in [6.45, 7) is 10.1. The van der Waals surface area contributed by atoms with E-state index in [-0.39, 0.29) is 0 Å². The van der Waals surface area contributed by atoms with Gasteiger partial charge in [-0.2, -0.15) is 4.98 Å². The molecule has 7 nitrogen and oxygen atoms in total. The van der Waals surface area contributed by atoms with Crippen LogP contribution in [0.4, 0.5) is 11.8 Å². The maximum atomic E-state index is 5.46. The van der Waals surface area contributed by atoms with Gasteiger partial charge in [-0.3, -0.25) is 0 Å². The number of aryl methyl sites for hydroxylation is 2. The second-order valence-electron chi connectivity index (χ2n) is 5.72. The highest BCUT2D eigenvalue weighted by atomic mass is 16.5. The topological polar surface area (TPSA) is 67.3 Å². The zero-order valence-electron chi connectivity index (χ0n) is 14.6. The Morgan fingerprint density at radius 1 is 1.04 bits per heavy atom. The van der Waals surface area contributed by atoms with Crippen molar-refractivity contribution in [2.24, 2.45) is 0 Å². The summed E-state index contributed by atoms with van der Waals surface area (Å²) < 4.78 is 5.46. The van der Waals surface area contributed by atoms with Crippen molar-refractivity contribution >= 4 is 11.8 Å². The van der Waals surface area contributed by atoms with Crippen LogP contribution in [0, 0.1) is 6.92 Å². The molecule has 2 aromatic heterocycles. The third-order valence-electron chi connectivity index (χ3n) is 4.04. The molecule has 2 aromatic rings. The number of anilines is 2. The Balaban J connectivity index is 1.67. The Morgan fingerprint density at radius 3 is 2.50 bits per heavy atom. The number of aromatic nitrogens is 4. The van der Waals surface area contributed by atoms with E-state index in [1.807, 2.05) is 13.8 Å². The Hall–Kier alpha value is -2.44. The van der Waals surface area contributed by atoms with Gasteiger partial charge in [0.2, 0.25) is 11.8 Å². The predicted octanol–water partition coefficient (Wildman–Crippen LogP) is 1.86. The van der Waals surface area contributed by atoms with E-state index in [2.05, 4.69) is 42.7 Å². The minimum Gasteiger partial charge on any atom is -0.478 e. The van der Waals surface area contributed by atoms with Crippen LogP contribution in [0.5, 0.6) is 5.88 Å². The maximum absolute atomic E-state index is 5.46. The first kappa shape index (κ1) is 16.4. The second-order valence-corrected chi connectivity index (χ2v) is 5.72. The quantitative estimate of drug-likeness (QED) is 0.830. The van der Waals surface area contributed by atoms with Gasteiger partial charge in [0, 0.05) is 50.2 Å². The third-order valence-corrected chi connectivity index (χ3v) is 4.04. The first-order chi connectivity index (χ1) is 11.7. The highest BCUT2D eigenvalue weighted by Gasteiger charge is 2.21. The molecule has 7 heteroatoms. The normalized spacial score (nSPS) is 14.8. The number of hydrogen-bond donors (Lipinski definition) is 0. The molecule has 0 aliphatic carbocycles. The van der Waals surface area contributed by atoms with Gasteiger partial charge in [0.25, 0.3) is 0 Å². The van der Waals surface area contributed by atoms with Crippen molar-refractivity contribution in [3.63, 3.8) is 0 Å². The molecule has 1 aliphatic heterocycles. The number of rotatable bonds is 5. The minimum absolute atomic E-state index is 0.608. The van der Waals surface area contributed by atoms with Crippen molar-refractivity contribution in [1.29, 1.82) is 0 Å². The predicted molar refractivity (Wildman–Crippen MR) is 93.8 cm³/mol. The molecule has 1 aliphatic rings. The molecule has 3 heterocycles. The zero-order valence-corrected chi connectivity index (χ0v) is 14.6. The molecule has 3 rings (SSSR count). The van der Waals surface area contributed by atoms with Gasteiger partial charge >= 0.3 is 0 Å². The number of ether oxygens (including phenoxy) is 1. The van der Waals surface area contributed by atoms with E-state index in [0.29, 0.717) is 12.5 Å². The lowest BCUT2D eigenvalue weighted by Crippen LogP contribution is -2.47. The number of nitrogens with zero attached hydrogens (tertiary/aromatic N) is 6. The molecule has 0 spiro atoms. The molecule has 0 unspecified atom stereocenters. The summed E-state index contributed by atoms with van der Waals surface area (Å²) in [5, 5.41) is 0. The maximum Gasteiger partial charge on any atom is 0.228 e. The Morgan fingerprint density at radius 2 is 1.79 bits per heavy atom. The van der Waals surface area contributed by atoms with E-state index in [1.165, 1.54) is 0 Å². The van der Waals surface area contributed by atoms with Crippen molar-refractivity contribution in [3.05, 3.63) is 29.8 Å². The summed E-state index contributed by atoms with van der Waals surface area (Å²) in [6.07, 6.45) is 2.68. The summed E-state index contributed by atoms with van der Waals surface area (Å²) in [5.41, 5.74) is 1.09. The van der Waals surface area contributed by atoms with Gasteiger partial charge in [0.15, 0.2) is 0 Å². The fourth-order valence-corrected chi connectivity index (χ4v) is 2.80. The van der Waals surface area contributed by atoms with Gasteiger partial charge in [-0.1, -0.05) is 6.92 Å². The zero-order chi connectivity index (χ0) is 16.9. The summed E-state index contributed by atoms with van der Waals surface area (Å²) in [4.78, 5) is 22.4. The first-order valence-electron chi connectivity index (χ1n) is 8.50. The van der Waals surface area contributed by atoms with Gasteiger partial charge in [-0.15, -0.1) is 0 Å². The van der Waals surface area contributed by atoms with Crippen LogP contribution in [0.2, 0.25) is 0 Å². The lowest BCUT2D eigenvalue weighted by molar-refractivity contribution is 0.326. The molecule has 1 saturated heterocycles. The van der Waals surface area contributed by atoms with Gasteiger partial charge in [-0.25, -0.2) is 15.0 Å². The van der Waals surface area contributed by atoms with Crippen LogP contribution >= 0.6 is 0 Å². The SMILES string of the molecule is CCOc1ccnc(N2CCN(c3cc(CC)nc(C)n3)CC2)n1. The molecule has 0 N–H and O–H groups in total. The first-order valence-corrected chi connectivity index (χ1v) is 8.50. The Bertz CT molecular complexity index is 685. The molecular formula is C17H24N6O. The number of piperazine rings is 1. The van der Waals surface area contributed by atoms with E-state index in [1.54, 1.807) is 12.3 Å². The second kappa shape index (κ2) is 7.42. The standard InChI is InChI=1S/C17H24N6O/c1-4-14-12-15(20-13(3)19-14)22-8-10-23(11-9-22)17-18-7-6-16(21-17)24-5-2/h6-7,12H,4-5,8-11H2,1-3H3. The Kier molecular flexibility index (Phi) is 5.08. The monoisotopic (exact) mass is 328 g/mol. The summed E-state index contributed by atoms with van der Waals surface area (Å²) in [7, 11) is 0. The molecule has 0 atom stereocenters. The van der Waals surface area contributed by atoms with E-state index in [9.17, 15) is 0 Å². The molecule has 0 saturated carbocycles. The number of hydrogen-bond acceptors (Lipinski definition) is 7. The van der Waals surface area contributed by atoms with E-state index < -0.39 is 0 Å². The molecular weight excluding hydrogens is 304 g/mol. The van der Waals surface area contributed by atoms with Gasteiger partial charge < -0.3 is 14.5 Å². The van der Waals surface area contributed by atoms with Gasteiger partial charge in [-0.05, 0) is 20.3 Å². The summed E-state index contributed by atoms with van der Waals surface area (Å²) in [6, 6.07) is 3.88. The van der Waals surface area contributed by atoms with Crippen LogP contribution < -0.4 is 14.5 Å². The molecule has 0 amide bonds. The van der Waals surface area contributed by atoms with Crippen molar-refractivity contribution in [3.8, 4) is 5.88 Å². The third kappa shape index (κ3) is 3.72. The molecule has 0 bridgehead atoms. The largest absolute Gasteiger partial charge is 0.478 e. The average Bonchev–Trinajstić information content (AvgIpc) is 2.62. The van der Waals surface area contributed by atoms with Crippen LogP contribution in [-0.4, -0.2) is 52.7 Å². The molecule has 0 radical (unpaired) electrons. The minimum atomic E-state index is 0.608. The molecule has 0 aromatic carbocycles. The van der Waals surface area contributed by atoms with E-state index in [4.69, 9.17) is 4.74 Å². The summed E-state index contributed by atoms with van der Waals surface area (Å²) >= 11 is 0. The van der Waals surface area contributed by atoms with E-state index >= 15 is 0 Å². The van der Waals surface area contributed by atoms with Crippen molar-refractivity contribution in [2.75, 3.05) is 42.6 Å². The smallest absolute Gasteiger partial charge is 0.228 e. The van der Waals surface area contributed by atoms with Crippen molar-refractivity contribution < 1.29 is 4.74 Å². The van der Waals surface area contributed by atoms with Gasteiger partial charge in [0.1, 0.15) is 11.6 Å². The van der Waals surface area contributed by atoms with Crippen molar-refractivity contribution in [2.45, 2.75) is 27.2 Å². The fourth-order valence-electron chi connectivity index (χ4n) is 2.80. The van der Waals surface area contributed by atoms with Gasteiger partial charge in [0.05, 0.1) is 6.61 Å². The lowest BCUT2D eigenvalue weighted by Gasteiger charge is -2.35. The lowest BCUT2D eigenvalue weighted by atomic mass is 10.2. The highest BCUT2D eigenvalue weighted by molar-refractivity contribution is 5.43. The molecule has 24 heavy (non-hydrogen) atoms. The van der Waals surface area contributed by atoms with Crippen LogP contribution in [0.15, 0.2) is 18.3 Å². The van der Waals surface area contributed by atoms with Crippen LogP contribution in [0.25, 0.3) is 0 Å². The molecule has 128 valence electrons. The van der Waals surface area contributed by atoms with Crippen LogP contribution in [0.1, 0.15) is 25.4 Å². The van der Waals surface area contributed by atoms with Crippen LogP contribution in [-0.2, 0) is 6.42 Å². The molecule has 1 fully saturated rings. The fraction of sp³-hybridized carbons (Fsp3) is 0.529. The van der Waals surface area contributed by atoms with Crippen molar-refractivity contribution in [1.82, 2.24) is 19.9 Å².